The second-order valence-corrected chi connectivity index (χ2v) is 6.13. The Morgan fingerprint density at radius 2 is 2.00 bits per heavy atom. The molecular weight excluding hydrogens is 304 g/mol. The van der Waals surface area contributed by atoms with Crippen molar-refractivity contribution in [3.8, 4) is 11.5 Å². The molecule has 24 heavy (non-hydrogen) atoms. The molecular formula is C18H18N4O2. The first-order valence-corrected chi connectivity index (χ1v) is 8.03. The molecule has 1 atom stereocenters. The highest BCUT2D eigenvalue weighted by atomic mass is 16.4. The fourth-order valence-electron chi connectivity index (χ4n) is 3.11. The standard InChI is InChI=1S/C18H18N4O2/c1-22-11-14(7-9-16(22)23)17-20-21-18(24-17)19-15-8-6-12-4-2-3-5-13(12)10-15/h2-5,7,9,11,15H,6,8,10H2,1H3,(H,19,21). The van der Waals surface area contributed by atoms with Crippen molar-refractivity contribution in [2.75, 3.05) is 5.32 Å². The average Bonchev–Trinajstić information content (AvgIpc) is 3.06. The number of pyridine rings is 1. The molecule has 0 amide bonds. The van der Waals surface area contributed by atoms with E-state index in [4.69, 9.17) is 4.42 Å². The van der Waals surface area contributed by atoms with E-state index in [9.17, 15) is 4.79 Å². The van der Waals surface area contributed by atoms with Crippen LogP contribution in [0.5, 0.6) is 0 Å². The summed E-state index contributed by atoms with van der Waals surface area (Å²) >= 11 is 0. The summed E-state index contributed by atoms with van der Waals surface area (Å²) in [4.78, 5) is 11.5. The average molecular weight is 322 g/mol. The maximum atomic E-state index is 11.5. The summed E-state index contributed by atoms with van der Waals surface area (Å²) in [5.74, 6) is 0.407. The second-order valence-electron chi connectivity index (χ2n) is 6.13. The summed E-state index contributed by atoms with van der Waals surface area (Å²) in [6, 6.07) is 12.4. The van der Waals surface area contributed by atoms with E-state index in [2.05, 4.69) is 39.8 Å². The largest absolute Gasteiger partial charge is 0.403 e. The Bertz CT molecular complexity index is 929. The van der Waals surface area contributed by atoms with E-state index < -0.39 is 0 Å². The molecule has 0 radical (unpaired) electrons. The van der Waals surface area contributed by atoms with Crippen molar-refractivity contribution in [2.24, 2.45) is 7.05 Å². The van der Waals surface area contributed by atoms with Crippen molar-refractivity contribution in [2.45, 2.75) is 25.3 Å². The van der Waals surface area contributed by atoms with Gasteiger partial charge in [0, 0.05) is 25.4 Å². The molecule has 1 aliphatic rings. The van der Waals surface area contributed by atoms with E-state index in [1.54, 1.807) is 19.3 Å². The van der Waals surface area contributed by atoms with Gasteiger partial charge in [-0.05, 0) is 36.5 Å². The van der Waals surface area contributed by atoms with E-state index in [0.29, 0.717) is 11.9 Å². The van der Waals surface area contributed by atoms with Gasteiger partial charge < -0.3 is 14.3 Å². The highest BCUT2D eigenvalue weighted by Crippen LogP contribution is 2.24. The minimum absolute atomic E-state index is 0.0718. The zero-order valence-electron chi connectivity index (χ0n) is 13.4. The summed E-state index contributed by atoms with van der Waals surface area (Å²) < 4.78 is 7.20. The smallest absolute Gasteiger partial charge is 0.315 e. The topological polar surface area (TPSA) is 73.0 Å². The third kappa shape index (κ3) is 2.82. The number of anilines is 1. The van der Waals surface area contributed by atoms with Crippen LogP contribution in [0.15, 0.2) is 51.8 Å². The number of rotatable bonds is 3. The fraction of sp³-hybridized carbons (Fsp3) is 0.278. The monoisotopic (exact) mass is 322 g/mol. The minimum Gasteiger partial charge on any atom is -0.403 e. The molecule has 1 aliphatic carbocycles. The number of hydrogen-bond acceptors (Lipinski definition) is 5. The molecule has 0 saturated carbocycles. The minimum atomic E-state index is -0.0718. The number of nitrogens with zero attached hydrogens (tertiary/aromatic N) is 3. The van der Waals surface area contributed by atoms with Gasteiger partial charge >= 0.3 is 6.01 Å². The van der Waals surface area contributed by atoms with Crippen molar-refractivity contribution in [1.29, 1.82) is 0 Å². The zero-order valence-corrected chi connectivity index (χ0v) is 13.4. The lowest BCUT2D eigenvalue weighted by Gasteiger charge is -2.24. The first-order valence-electron chi connectivity index (χ1n) is 8.03. The number of benzene rings is 1. The number of aryl methyl sites for hydroxylation is 2. The first kappa shape index (κ1) is 14.7. The lowest BCUT2D eigenvalue weighted by molar-refractivity contribution is 0.542. The maximum Gasteiger partial charge on any atom is 0.315 e. The Hall–Kier alpha value is -2.89. The molecule has 0 bridgehead atoms. The Balaban J connectivity index is 1.50. The highest BCUT2D eigenvalue weighted by molar-refractivity contribution is 5.51. The molecule has 0 saturated heterocycles. The Morgan fingerprint density at radius 3 is 2.83 bits per heavy atom. The molecule has 0 fully saturated rings. The summed E-state index contributed by atoms with van der Waals surface area (Å²) in [5, 5.41) is 11.5. The van der Waals surface area contributed by atoms with Gasteiger partial charge in [0.05, 0.1) is 5.56 Å². The van der Waals surface area contributed by atoms with Crippen LogP contribution >= 0.6 is 0 Å². The van der Waals surface area contributed by atoms with Gasteiger partial charge in [-0.1, -0.05) is 29.4 Å². The van der Waals surface area contributed by atoms with Crippen LogP contribution in [0.4, 0.5) is 6.01 Å². The molecule has 1 N–H and O–H groups in total. The van der Waals surface area contributed by atoms with E-state index in [-0.39, 0.29) is 11.6 Å². The molecule has 3 aromatic rings. The first-order chi connectivity index (χ1) is 11.7. The predicted octanol–water partition coefficient (Wildman–Crippen LogP) is 2.40. The summed E-state index contributed by atoms with van der Waals surface area (Å²) in [6.07, 6.45) is 4.73. The van der Waals surface area contributed by atoms with Crippen LogP contribution in [0, 0.1) is 0 Å². The normalized spacial score (nSPS) is 16.6. The molecule has 2 aromatic heterocycles. The Kier molecular flexibility index (Phi) is 3.65. The van der Waals surface area contributed by atoms with Gasteiger partial charge in [0.15, 0.2) is 0 Å². The SMILES string of the molecule is Cn1cc(-c2nnc(NC3CCc4ccccc4C3)o2)ccc1=O. The van der Waals surface area contributed by atoms with Gasteiger partial charge in [0.2, 0.25) is 5.56 Å². The lowest BCUT2D eigenvalue weighted by atomic mass is 9.88. The van der Waals surface area contributed by atoms with Gasteiger partial charge in [-0.3, -0.25) is 4.79 Å². The van der Waals surface area contributed by atoms with Gasteiger partial charge in [-0.15, -0.1) is 5.10 Å². The van der Waals surface area contributed by atoms with Crippen molar-refractivity contribution in [1.82, 2.24) is 14.8 Å². The molecule has 1 unspecified atom stereocenters. The number of nitrogens with one attached hydrogen (secondary N) is 1. The van der Waals surface area contributed by atoms with E-state index >= 15 is 0 Å². The zero-order chi connectivity index (χ0) is 16.5. The number of aromatic nitrogens is 3. The summed E-state index contributed by atoms with van der Waals surface area (Å²) in [7, 11) is 1.70. The van der Waals surface area contributed by atoms with Gasteiger partial charge in [-0.25, -0.2) is 0 Å². The van der Waals surface area contributed by atoms with Crippen molar-refractivity contribution in [3.63, 3.8) is 0 Å². The van der Waals surface area contributed by atoms with Gasteiger partial charge in [-0.2, -0.15) is 0 Å². The van der Waals surface area contributed by atoms with Crippen molar-refractivity contribution in [3.05, 3.63) is 64.1 Å². The Labute approximate surface area is 139 Å². The number of fused-ring (bicyclic) bond motifs is 1. The van der Waals surface area contributed by atoms with E-state index in [1.165, 1.54) is 21.8 Å². The van der Waals surface area contributed by atoms with Crippen LogP contribution in [-0.2, 0) is 19.9 Å². The third-order valence-electron chi connectivity index (χ3n) is 4.43. The molecule has 2 heterocycles. The van der Waals surface area contributed by atoms with Gasteiger partial charge in [0.25, 0.3) is 5.89 Å². The van der Waals surface area contributed by atoms with Gasteiger partial charge in [0.1, 0.15) is 0 Å². The quantitative estimate of drug-likeness (QED) is 0.801. The molecule has 6 heteroatoms. The molecule has 122 valence electrons. The molecule has 1 aromatic carbocycles. The molecule has 0 spiro atoms. The summed E-state index contributed by atoms with van der Waals surface area (Å²) in [5.41, 5.74) is 3.45. The molecule has 0 aliphatic heterocycles. The Morgan fingerprint density at radius 1 is 1.17 bits per heavy atom. The van der Waals surface area contributed by atoms with Crippen LogP contribution in [0.25, 0.3) is 11.5 Å². The molecule has 6 nitrogen and oxygen atoms in total. The second kappa shape index (κ2) is 5.96. The van der Waals surface area contributed by atoms with Crippen LogP contribution < -0.4 is 10.9 Å². The maximum absolute atomic E-state index is 11.5. The third-order valence-corrected chi connectivity index (χ3v) is 4.43. The summed E-state index contributed by atoms with van der Waals surface area (Å²) in [6.45, 7) is 0. The van der Waals surface area contributed by atoms with Crippen LogP contribution in [0.1, 0.15) is 17.5 Å². The van der Waals surface area contributed by atoms with Crippen LogP contribution in [0.2, 0.25) is 0 Å². The predicted molar refractivity (Wildman–Crippen MR) is 90.9 cm³/mol. The van der Waals surface area contributed by atoms with E-state index in [0.717, 1.165) is 24.8 Å². The lowest BCUT2D eigenvalue weighted by Crippen LogP contribution is -2.27. The number of hydrogen-bond donors (Lipinski definition) is 1. The van der Waals surface area contributed by atoms with Crippen LogP contribution in [-0.4, -0.2) is 20.8 Å². The molecule has 4 rings (SSSR count). The van der Waals surface area contributed by atoms with Crippen molar-refractivity contribution >= 4 is 6.01 Å². The van der Waals surface area contributed by atoms with Crippen molar-refractivity contribution < 1.29 is 4.42 Å². The highest BCUT2D eigenvalue weighted by Gasteiger charge is 2.20. The van der Waals surface area contributed by atoms with Crippen LogP contribution in [0.3, 0.4) is 0 Å². The fourth-order valence-corrected chi connectivity index (χ4v) is 3.11. The van der Waals surface area contributed by atoms with E-state index in [1.807, 2.05) is 0 Å².